The van der Waals surface area contributed by atoms with Crippen molar-refractivity contribution in [2.75, 3.05) is 6.61 Å². The first kappa shape index (κ1) is 13.7. The Morgan fingerprint density at radius 2 is 1.74 bits per heavy atom. The van der Waals surface area contributed by atoms with Crippen LogP contribution in [0.2, 0.25) is 0 Å². The van der Waals surface area contributed by atoms with Gasteiger partial charge in [-0.3, -0.25) is 0 Å². The summed E-state index contributed by atoms with van der Waals surface area (Å²) in [7, 11) is 0. The van der Waals surface area contributed by atoms with Gasteiger partial charge in [0.2, 0.25) is 5.79 Å². The minimum absolute atomic E-state index is 0.204. The molecule has 0 saturated carbocycles. The maximum Gasteiger partial charge on any atom is 0.226 e. The summed E-state index contributed by atoms with van der Waals surface area (Å²) < 4.78 is 29.3. The van der Waals surface area contributed by atoms with Gasteiger partial charge >= 0.3 is 0 Å². The van der Waals surface area contributed by atoms with Crippen molar-refractivity contribution in [2.45, 2.75) is 76.4 Å². The molecule has 3 heterocycles. The molecular weight excluding hydrogens is 252 g/mol. The molecule has 0 spiro atoms. The second kappa shape index (κ2) is 3.90. The molecule has 1 N–H and O–H groups in total. The van der Waals surface area contributed by atoms with Gasteiger partial charge in [-0.2, -0.15) is 0 Å². The van der Waals surface area contributed by atoms with E-state index in [1.54, 1.807) is 20.8 Å². The van der Waals surface area contributed by atoms with Crippen LogP contribution in [-0.4, -0.2) is 53.5 Å². The molecule has 6 heteroatoms. The average Bonchev–Trinajstić information content (AvgIpc) is 2.70. The van der Waals surface area contributed by atoms with E-state index in [4.69, 9.17) is 23.7 Å². The van der Waals surface area contributed by atoms with Crippen molar-refractivity contribution in [3.05, 3.63) is 0 Å². The SMILES string of the molecule is C[C@H](O)[C@@]12OC[C@H]3OC(C)(C)O[C@H]3[C@@H]1OC(C)(C)O2. The van der Waals surface area contributed by atoms with Gasteiger partial charge in [-0.1, -0.05) is 0 Å². The Morgan fingerprint density at radius 3 is 2.37 bits per heavy atom. The van der Waals surface area contributed by atoms with Gasteiger partial charge in [0.15, 0.2) is 11.6 Å². The average molecular weight is 274 g/mol. The van der Waals surface area contributed by atoms with Gasteiger partial charge in [-0.15, -0.1) is 0 Å². The van der Waals surface area contributed by atoms with Crippen molar-refractivity contribution in [2.24, 2.45) is 0 Å². The van der Waals surface area contributed by atoms with Crippen LogP contribution in [0.1, 0.15) is 34.6 Å². The van der Waals surface area contributed by atoms with Gasteiger partial charge in [-0.05, 0) is 34.6 Å². The van der Waals surface area contributed by atoms with Gasteiger partial charge < -0.3 is 28.8 Å². The number of aliphatic hydroxyl groups is 1. The normalized spacial score (nSPS) is 48.6. The molecule has 19 heavy (non-hydrogen) atoms. The maximum absolute atomic E-state index is 10.1. The molecule has 3 saturated heterocycles. The molecule has 0 aliphatic carbocycles. The zero-order valence-electron chi connectivity index (χ0n) is 12.0. The molecule has 3 rings (SSSR count). The first-order valence-electron chi connectivity index (χ1n) is 6.71. The van der Waals surface area contributed by atoms with Crippen molar-refractivity contribution >= 4 is 0 Å². The molecule has 3 fully saturated rings. The highest BCUT2D eigenvalue weighted by atomic mass is 16.9. The molecule has 3 aliphatic rings. The summed E-state index contributed by atoms with van der Waals surface area (Å²) in [4.78, 5) is 0. The molecule has 0 aromatic rings. The maximum atomic E-state index is 10.1. The van der Waals surface area contributed by atoms with Crippen molar-refractivity contribution in [3.8, 4) is 0 Å². The number of hydrogen-bond acceptors (Lipinski definition) is 6. The summed E-state index contributed by atoms with van der Waals surface area (Å²) >= 11 is 0. The predicted molar refractivity (Wildman–Crippen MR) is 64.2 cm³/mol. The van der Waals surface area contributed by atoms with E-state index < -0.39 is 29.6 Å². The molecule has 0 aromatic carbocycles. The van der Waals surface area contributed by atoms with Crippen LogP contribution in [0.5, 0.6) is 0 Å². The molecule has 0 bridgehead atoms. The third kappa shape index (κ3) is 2.02. The summed E-state index contributed by atoms with van der Waals surface area (Å²) in [5.74, 6) is -2.69. The van der Waals surface area contributed by atoms with Crippen molar-refractivity contribution < 1.29 is 28.8 Å². The van der Waals surface area contributed by atoms with Crippen molar-refractivity contribution in [1.29, 1.82) is 0 Å². The van der Waals surface area contributed by atoms with Gasteiger partial charge in [0.1, 0.15) is 24.4 Å². The fraction of sp³-hybridized carbons (Fsp3) is 1.00. The lowest BCUT2D eigenvalue weighted by atomic mass is 9.93. The number of rotatable bonds is 1. The van der Waals surface area contributed by atoms with Gasteiger partial charge in [0.25, 0.3) is 0 Å². The molecular formula is C13H22O6. The molecule has 5 atom stereocenters. The van der Waals surface area contributed by atoms with Gasteiger partial charge in [-0.25, -0.2) is 0 Å². The Balaban J connectivity index is 1.94. The second-order valence-corrected chi connectivity index (χ2v) is 6.39. The fourth-order valence-corrected chi connectivity index (χ4v) is 3.17. The van der Waals surface area contributed by atoms with E-state index in [1.165, 1.54) is 0 Å². The lowest BCUT2D eigenvalue weighted by Crippen LogP contribution is -2.63. The zero-order valence-corrected chi connectivity index (χ0v) is 12.0. The Morgan fingerprint density at radius 1 is 1.05 bits per heavy atom. The molecule has 3 aliphatic heterocycles. The highest BCUT2D eigenvalue weighted by Crippen LogP contribution is 2.48. The molecule has 0 aromatic heterocycles. The van der Waals surface area contributed by atoms with Crippen LogP contribution in [0, 0.1) is 0 Å². The van der Waals surface area contributed by atoms with E-state index >= 15 is 0 Å². The number of aliphatic hydroxyl groups excluding tert-OH is 1. The molecule has 0 amide bonds. The standard InChI is InChI=1S/C13H22O6/c1-7(14)13-10(18-12(4,5)19-13)9-8(6-15-13)16-11(2,3)17-9/h7-10,14H,6H2,1-5H3/t7-,8+,9+,10-,13-/m0/s1. The Labute approximate surface area is 112 Å². The van der Waals surface area contributed by atoms with Crippen LogP contribution in [0.4, 0.5) is 0 Å². The van der Waals surface area contributed by atoms with E-state index in [0.29, 0.717) is 6.61 Å². The van der Waals surface area contributed by atoms with Gasteiger partial charge in [0, 0.05) is 0 Å². The lowest BCUT2D eigenvalue weighted by molar-refractivity contribution is -0.314. The van der Waals surface area contributed by atoms with Crippen LogP contribution >= 0.6 is 0 Å². The predicted octanol–water partition coefficient (Wildman–Crippen LogP) is 0.765. The first-order chi connectivity index (χ1) is 8.65. The number of hydrogen-bond donors (Lipinski definition) is 1. The third-order valence-electron chi connectivity index (χ3n) is 3.79. The number of ether oxygens (including phenoxy) is 5. The second-order valence-electron chi connectivity index (χ2n) is 6.39. The smallest absolute Gasteiger partial charge is 0.226 e. The quantitative estimate of drug-likeness (QED) is 0.761. The monoisotopic (exact) mass is 274 g/mol. The van der Waals surface area contributed by atoms with Crippen LogP contribution in [0.3, 0.4) is 0 Å². The van der Waals surface area contributed by atoms with E-state index in [0.717, 1.165) is 0 Å². The zero-order chi connectivity index (χ0) is 14.1. The van der Waals surface area contributed by atoms with Crippen molar-refractivity contribution in [1.82, 2.24) is 0 Å². The summed E-state index contributed by atoms with van der Waals surface area (Å²) in [6.45, 7) is 9.27. The Hall–Kier alpha value is -0.240. The minimum Gasteiger partial charge on any atom is -0.388 e. The summed E-state index contributed by atoms with van der Waals surface area (Å²) in [5, 5.41) is 10.1. The van der Waals surface area contributed by atoms with E-state index in [9.17, 15) is 5.11 Å². The Bertz CT molecular complexity index is 379. The van der Waals surface area contributed by atoms with E-state index in [2.05, 4.69) is 0 Å². The fourth-order valence-electron chi connectivity index (χ4n) is 3.17. The summed E-state index contributed by atoms with van der Waals surface area (Å²) in [6, 6.07) is 0. The molecule has 6 nitrogen and oxygen atoms in total. The van der Waals surface area contributed by atoms with E-state index in [1.807, 2.05) is 13.8 Å². The highest BCUT2D eigenvalue weighted by molar-refractivity contribution is 5.05. The van der Waals surface area contributed by atoms with Crippen LogP contribution < -0.4 is 0 Å². The minimum atomic E-state index is -1.19. The van der Waals surface area contributed by atoms with Crippen LogP contribution in [0.25, 0.3) is 0 Å². The van der Waals surface area contributed by atoms with Gasteiger partial charge in [0.05, 0.1) is 6.61 Å². The van der Waals surface area contributed by atoms with E-state index in [-0.39, 0.29) is 12.2 Å². The molecule has 110 valence electrons. The summed E-state index contributed by atoms with van der Waals surface area (Å²) in [6.07, 6.45) is -1.85. The third-order valence-corrected chi connectivity index (χ3v) is 3.79. The van der Waals surface area contributed by atoms with Crippen LogP contribution in [-0.2, 0) is 23.7 Å². The topological polar surface area (TPSA) is 66.4 Å². The Kier molecular flexibility index (Phi) is 2.82. The van der Waals surface area contributed by atoms with Crippen LogP contribution in [0.15, 0.2) is 0 Å². The molecule has 0 radical (unpaired) electrons. The lowest BCUT2D eigenvalue weighted by Gasteiger charge is -2.42. The number of fused-ring (bicyclic) bond motifs is 3. The largest absolute Gasteiger partial charge is 0.388 e. The molecule has 0 unspecified atom stereocenters. The first-order valence-corrected chi connectivity index (χ1v) is 6.71. The summed E-state index contributed by atoms with van der Waals surface area (Å²) in [5.41, 5.74) is 0. The highest BCUT2D eigenvalue weighted by Gasteiger charge is 2.67. The van der Waals surface area contributed by atoms with Crippen molar-refractivity contribution in [3.63, 3.8) is 0 Å².